The summed E-state index contributed by atoms with van der Waals surface area (Å²) < 4.78 is 6.89. The Morgan fingerprint density at radius 1 is 1.06 bits per heavy atom. The molecular formula is C14H12Br2O. The molecule has 0 aliphatic heterocycles. The van der Waals surface area contributed by atoms with E-state index in [2.05, 4.69) is 44.0 Å². The van der Waals surface area contributed by atoms with E-state index in [0.717, 1.165) is 26.9 Å². The Morgan fingerprint density at radius 3 is 2.35 bits per heavy atom. The van der Waals surface area contributed by atoms with Crippen LogP contribution in [0.5, 0.6) is 11.5 Å². The number of benzene rings is 2. The van der Waals surface area contributed by atoms with Crippen LogP contribution in [0.25, 0.3) is 0 Å². The highest BCUT2D eigenvalue weighted by Crippen LogP contribution is 2.27. The predicted octanol–water partition coefficient (Wildman–Crippen LogP) is 5.44. The molecule has 17 heavy (non-hydrogen) atoms. The number of alkyl halides is 1. The molecule has 2 aromatic rings. The Hall–Kier alpha value is -0.800. The van der Waals surface area contributed by atoms with Gasteiger partial charge in [-0.25, -0.2) is 0 Å². The Labute approximate surface area is 118 Å². The second-order valence-corrected chi connectivity index (χ2v) is 5.27. The lowest BCUT2D eigenvalue weighted by Gasteiger charge is -2.09. The molecule has 0 aromatic heterocycles. The summed E-state index contributed by atoms with van der Waals surface area (Å²) in [5.74, 6) is 1.75. The lowest BCUT2D eigenvalue weighted by Crippen LogP contribution is -1.88. The van der Waals surface area contributed by atoms with Crippen LogP contribution in [0, 0.1) is 6.92 Å². The third-order valence-electron chi connectivity index (χ3n) is 2.44. The van der Waals surface area contributed by atoms with Crippen LogP contribution >= 0.6 is 31.9 Å². The van der Waals surface area contributed by atoms with Gasteiger partial charge in [-0.15, -0.1) is 0 Å². The third-order valence-corrected chi connectivity index (χ3v) is 3.58. The minimum absolute atomic E-state index is 0.861. The van der Waals surface area contributed by atoms with Crippen molar-refractivity contribution in [2.75, 3.05) is 0 Å². The molecule has 0 heterocycles. The minimum Gasteiger partial charge on any atom is -0.457 e. The van der Waals surface area contributed by atoms with Gasteiger partial charge in [0.15, 0.2) is 0 Å². The van der Waals surface area contributed by atoms with E-state index in [4.69, 9.17) is 4.74 Å². The van der Waals surface area contributed by atoms with Gasteiger partial charge in [-0.05, 0) is 48.4 Å². The van der Waals surface area contributed by atoms with Gasteiger partial charge < -0.3 is 4.74 Å². The zero-order chi connectivity index (χ0) is 12.3. The van der Waals surface area contributed by atoms with Crippen LogP contribution in [0.2, 0.25) is 0 Å². The average Bonchev–Trinajstić information content (AvgIpc) is 2.34. The first-order valence-electron chi connectivity index (χ1n) is 5.28. The maximum absolute atomic E-state index is 5.83. The first-order chi connectivity index (χ1) is 8.19. The number of hydrogen-bond acceptors (Lipinski definition) is 1. The van der Waals surface area contributed by atoms with E-state index in [9.17, 15) is 0 Å². The molecule has 0 aliphatic rings. The molecule has 88 valence electrons. The molecule has 0 unspecified atom stereocenters. The van der Waals surface area contributed by atoms with Gasteiger partial charge in [0.1, 0.15) is 11.5 Å². The largest absolute Gasteiger partial charge is 0.457 e. The zero-order valence-corrected chi connectivity index (χ0v) is 12.6. The summed E-state index contributed by atoms with van der Waals surface area (Å²) in [5.41, 5.74) is 2.36. The fraction of sp³-hybridized carbons (Fsp3) is 0.143. The SMILES string of the molecule is Cc1cc(Br)ccc1Oc1ccc(CBr)cc1. The van der Waals surface area contributed by atoms with Gasteiger partial charge in [-0.2, -0.15) is 0 Å². The van der Waals surface area contributed by atoms with Crippen molar-refractivity contribution >= 4 is 31.9 Å². The van der Waals surface area contributed by atoms with Crippen LogP contribution in [0.15, 0.2) is 46.9 Å². The van der Waals surface area contributed by atoms with E-state index in [0.29, 0.717) is 0 Å². The van der Waals surface area contributed by atoms with E-state index < -0.39 is 0 Å². The van der Waals surface area contributed by atoms with Gasteiger partial charge in [0, 0.05) is 9.80 Å². The highest BCUT2D eigenvalue weighted by molar-refractivity contribution is 9.10. The van der Waals surface area contributed by atoms with Crippen LogP contribution in [0.3, 0.4) is 0 Å². The molecule has 0 radical (unpaired) electrons. The van der Waals surface area contributed by atoms with Crippen LogP contribution in [-0.2, 0) is 5.33 Å². The Kier molecular flexibility index (Phi) is 4.24. The third kappa shape index (κ3) is 3.33. The summed E-state index contributed by atoms with van der Waals surface area (Å²) in [6, 6.07) is 14.1. The molecule has 0 saturated heterocycles. The Morgan fingerprint density at radius 2 is 1.76 bits per heavy atom. The second kappa shape index (κ2) is 5.69. The van der Waals surface area contributed by atoms with E-state index >= 15 is 0 Å². The fourth-order valence-electron chi connectivity index (χ4n) is 1.50. The lowest BCUT2D eigenvalue weighted by molar-refractivity contribution is 0.478. The van der Waals surface area contributed by atoms with E-state index in [1.807, 2.05) is 37.3 Å². The number of hydrogen-bond donors (Lipinski definition) is 0. The summed E-state index contributed by atoms with van der Waals surface area (Å²) >= 11 is 6.86. The van der Waals surface area contributed by atoms with Crippen LogP contribution in [0.1, 0.15) is 11.1 Å². The molecule has 2 rings (SSSR count). The molecule has 0 atom stereocenters. The molecule has 0 saturated carbocycles. The van der Waals surface area contributed by atoms with Gasteiger partial charge in [0.05, 0.1) is 0 Å². The van der Waals surface area contributed by atoms with Crippen molar-refractivity contribution in [3.63, 3.8) is 0 Å². The first-order valence-corrected chi connectivity index (χ1v) is 7.19. The lowest BCUT2D eigenvalue weighted by atomic mass is 10.2. The van der Waals surface area contributed by atoms with Crippen LogP contribution in [0.4, 0.5) is 0 Å². The topological polar surface area (TPSA) is 9.23 Å². The standard InChI is InChI=1S/C14H12Br2O/c1-10-8-12(16)4-7-14(10)17-13-5-2-11(9-15)3-6-13/h2-8H,9H2,1H3. The monoisotopic (exact) mass is 354 g/mol. The van der Waals surface area contributed by atoms with Crippen molar-refractivity contribution in [2.24, 2.45) is 0 Å². The van der Waals surface area contributed by atoms with Gasteiger partial charge in [-0.1, -0.05) is 44.0 Å². The van der Waals surface area contributed by atoms with Gasteiger partial charge in [0.2, 0.25) is 0 Å². The number of rotatable bonds is 3. The first kappa shape index (κ1) is 12.7. The highest BCUT2D eigenvalue weighted by atomic mass is 79.9. The molecule has 3 heteroatoms. The minimum atomic E-state index is 0.861. The van der Waals surface area contributed by atoms with Gasteiger partial charge in [-0.3, -0.25) is 0 Å². The molecule has 0 spiro atoms. The predicted molar refractivity (Wildman–Crippen MR) is 78.0 cm³/mol. The molecule has 0 amide bonds. The summed E-state index contributed by atoms with van der Waals surface area (Å²) in [7, 11) is 0. The molecule has 2 aromatic carbocycles. The highest BCUT2D eigenvalue weighted by Gasteiger charge is 2.02. The normalized spacial score (nSPS) is 10.3. The van der Waals surface area contributed by atoms with Crippen molar-refractivity contribution in [1.29, 1.82) is 0 Å². The molecule has 0 bridgehead atoms. The van der Waals surface area contributed by atoms with Crippen molar-refractivity contribution < 1.29 is 4.74 Å². The summed E-state index contributed by atoms with van der Waals surface area (Å²) in [5, 5.41) is 0.866. The second-order valence-electron chi connectivity index (χ2n) is 3.79. The molecule has 0 N–H and O–H groups in total. The van der Waals surface area contributed by atoms with E-state index in [1.165, 1.54) is 5.56 Å². The molecule has 0 aliphatic carbocycles. The summed E-state index contributed by atoms with van der Waals surface area (Å²) in [6.45, 7) is 2.03. The van der Waals surface area contributed by atoms with Crippen molar-refractivity contribution in [3.8, 4) is 11.5 Å². The number of ether oxygens (including phenoxy) is 1. The Bertz CT molecular complexity index is 506. The summed E-state index contributed by atoms with van der Waals surface area (Å²) in [4.78, 5) is 0. The smallest absolute Gasteiger partial charge is 0.130 e. The van der Waals surface area contributed by atoms with Crippen LogP contribution < -0.4 is 4.74 Å². The van der Waals surface area contributed by atoms with E-state index in [1.54, 1.807) is 0 Å². The maximum atomic E-state index is 5.83. The van der Waals surface area contributed by atoms with Crippen molar-refractivity contribution in [2.45, 2.75) is 12.3 Å². The van der Waals surface area contributed by atoms with Crippen molar-refractivity contribution in [3.05, 3.63) is 58.1 Å². The Balaban J connectivity index is 2.19. The van der Waals surface area contributed by atoms with Gasteiger partial charge in [0.25, 0.3) is 0 Å². The molecule has 1 nitrogen and oxygen atoms in total. The quantitative estimate of drug-likeness (QED) is 0.665. The van der Waals surface area contributed by atoms with Gasteiger partial charge >= 0.3 is 0 Å². The zero-order valence-electron chi connectivity index (χ0n) is 9.41. The fourth-order valence-corrected chi connectivity index (χ4v) is 2.35. The molecular weight excluding hydrogens is 344 g/mol. The number of halogens is 2. The maximum Gasteiger partial charge on any atom is 0.130 e. The van der Waals surface area contributed by atoms with E-state index in [-0.39, 0.29) is 0 Å². The number of aryl methyl sites for hydroxylation is 1. The van der Waals surface area contributed by atoms with Crippen LogP contribution in [-0.4, -0.2) is 0 Å². The summed E-state index contributed by atoms with van der Waals surface area (Å²) in [6.07, 6.45) is 0. The average molecular weight is 356 g/mol. The van der Waals surface area contributed by atoms with Crippen molar-refractivity contribution in [1.82, 2.24) is 0 Å². The molecule has 0 fully saturated rings.